The highest BCUT2D eigenvalue weighted by atomic mass is 35.5. The molecule has 1 fully saturated rings. The predicted molar refractivity (Wildman–Crippen MR) is 102 cm³/mol. The first kappa shape index (κ1) is 22.5. The number of ether oxygens (including phenoxy) is 2. The number of nitrogens with zero attached hydrogens (tertiary/aromatic N) is 2. The monoisotopic (exact) mass is 400 g/mol. The number of hydrogen-bond donors (Lipinski definition) is 2. The zero-order valence-electron chi connectivity index (χ0n) is 15.6. The molecule has 3 amide bonds. The average Bonchev–Trinajstić information content (AvgIpc) is 3.05. The molecule has 1 aromatic carbocycles. The maximum absolute atomic E-state index is 12.8. The Morgan fingerprint density at radius 3 is 2.37 bits per heavy atom. The summed E-state index contributed by atoms with van der Waals surface area (Å²) in [6, 6.07) is 4.62. The van der Waals surface area contributed by atoms with Gasteiger partial charge in [0.2, 0.25) is 17.7 Å². The molecule has 150 valence electrons. The zero-order valence-corrected chi connectivity index (χ0v) is 16.4. The molecule has 0 radical (unpaired) electrons. The third kappa shape index (κ3) is 5.24. The minimum atomic E-state index is -0.588. The normalized spacial score (nSPS) is 15.8. The molecule has 0 saturated carbocycles. The standard InChI is InChI=1S/C17H24N4O5.ClH/c1-20(16(23)10-19-15(22)9-18)14-4-5-21(17(14)24)11-6-12(25-2)8-13(7-11)26-3;/h6-8,14H,4-5,9-10,18H2,1-3H3,(H,19,22);1H. The lowest BCUT2D eigenvalue weighted by atomic mass is 10.2. The second kappa shape index (κ2) is 9.98. The van der Waals surface area contributed by atoms with Gasteiger partial charge in [-0.1, -0.05) is 0 Å². The van der Waals surface area contributed by atoms with Crippen molar-refractivity contribution < 1.29 is 23.9 Å². The molecule has 1 atom stereocenters. The van der Waals surface area contributed by atoms with Gasteiger partial charge in [0.15, 0.2) is 0 Å². The highest BCUT2D eigenvalue weighted by molar-refractivity contribution is 6.01. The summed E-state index contributed by atoms with van der Waals surface area (Å²) in [5.41, 5.74) is 5.83. The van der Waals surface area contributed by atoms with Crippen LogP contribution in [0.15, 0.2) is 18.2 Å². The molecule has 0 bridgehead atoms. The lowest BCUT2D eigenvalue weighted by Crippen LogP contribution is -2.47. The number of carbonyl (C=O) groups excluding carboxylic acids is 3. The molecule has 1 heterocycles. The SMILES string of the molecule is COc1cc(OC)cc(N2CCC(N(C)C(=O)CNC(=O)CN)C2=O)c1.Cl. The number of anilines is 1. The van der Waals surface area contributed by atoms with Crippen molar-refractivity contribution in [2.24, 2.45) is 5.73 Å². The van der Waals surface area contributed by atoms with Crippen molar-refractivity contribution in [3.8, 4) is 11.5 Å². The maximum atomic E-state index is 12.8. The number of halogens is 1. The van der Waals surface area contributed by atoms with E-state index in [2.05, 4.69) is 5.32 Å². The molecule has 3 N–H and O–H groups in total. The summed E-state index contributed by atoms with van der Waals surface area (Å²) in [6.07, 6.45) is 0.492. The number of rotatable bonds is 7. The van der Waals surface area contributed by atoms with Crippen molar-refractivity contribution in [3.05, 3.63) is 18.2 Å². The highest BCUT2D eigenvalue weighted by Gasteiger charge is 2.37. The lowest BCUT2D eigenvalue weighted by molar-refractivity contribution is -0.137. The van der Waals surface area contributed by atoms with Crippen LogP contribution in [0.3, 0.4) is 0 Å². The van der Waals surface area contributed by atoms with Crippen molar-refractivity contribution in [2.75, 3.05) is 45.8 Å². The van der Waals surface area contributed by atoms with Crippen molar-refractivity contribution in [1.29, 1.82) is 0 Å². The van der Waals surface area contributed by atoms with Crippen LogP contribution >= 0.6 is 12.4 Å². The number of nitrogens with two attached hydrogens (primary N) is 1. The van der Waals surface area contributed by atoms with E-state index >= 15 is 0 Å². The smallest absolute Gasteiger partial charge is 0.249 e. The van der Waals surface area contributed by atoms with Gasteiger partial charge in [0.05, 0.1) is 33.0 Å². The van der Waals surface area contributed by atoms with Crippen molar-refractivity contribution >= 4 is 35.8 Å². The van der Waals surface area contributed by atoms with Crippen LogP contribution in [0.2, 0.25) is 0 Å². The Morgan fingerprint density at radius 1 is 1.26 bits per heavy atom. The van der Waals surface area contributed by atoms with E-state index in [4.69, 9.17) is 15.2 Å². The first-order valence-electron chi connectivity index (χ1n) is 8.18. The second-order valence-electron chi connectivity index (χ2n) is 5.85. The first-order valence-corrected chi connectivity index (χ1v) is 8.18. The molecule has 27 heavy (non-hydrogen) atoms. The van der Waals surface area contributed by atoms with Gasteiger partial charge in [0, 0.05) is 31.8 Å². The van der Waals surface area contributed by atoms with Crippen LogP contribution in [0.25, 0.3) is 0 Å². The number of benzene rings is 1. The van der Waals surface area contributed by atoms with E-state index < -0.39 is 11.9 Å². The fraction of sp³-hybridized carbons (Fsp3) is 0.471. The molecular formula is C17H25ClN4O5. The van der Waals surface area contributed by atoms with Crippen LogP contribution in [0.5, 0.6) is 11.5 Å². The summed E-state index contributed by atoms with van der Waals surface area (Å²) < 4.78 is 10.5. The van der Waals surface area contributed by atoms with Crippen LogP contribution in [-0.2, 0) is 14.4 Å². The van der Waals surface area contributed by atoms with Crippen LogP contribution in [0.1, 0.15) is 6.42 Å². The van der Waals surface area contributed by atoms with E-state index in [0.717, 1.165) is 0 Å². The zero-order chi connectivity index (χ0) is 19.3. The summed E-state index contributed by atoms with van der Waals surface area (Å²) in [4.78, 5) is 39.1. The van der Waals surface area contributed by atoms with E-state index in [-0.39, 0.29) is 37.3 Å². The molecule has 9 nitrogen and oxygen atoms in total. The van der Waals surface area contributed by atoms with Gasteiger partial charge < -0.3 is 30.3 Å². The Hall–Kier alpha value is -2.52. The maximum Gasteiger partial charge on any atom is 0.249 e. The summed E-state index contributed by atoms with van der Waals surface area (Å²) in [5.74, 6) is 0.181. The number of methoxy groups -OCH3 is 2. The van der Waals surface area contributed by atoms with Gasteiger partial charge in [0.25, 0.3) is 0 Å². The van der Waals surface area contributed by atoms with Gasteiger partial charge in [-0.15, -0.1) is 12.4 Å². The van der Waals surface area contributed by atoms with Gasteiger partial charge in [-0.25, -0.2) is 0 Å². The van der Waals surface area contributed by atoms with Crippen LogP contribution in [-0.4, -0.2) is 69.6 Å². The Balaban J connectivity index is 0.00000364. The van der Waals surface area contributed by atoms with Gasteiger partial charge in [-0.2, -0.15) is 0 Å². The van der Waals surface area contributed by atoms with Crippen LogP contribution in [0, 0.1) is 0 Å². The Kier molecular flexibility index (Phi) is 8.32. The third-order valence-corrected chi connectivity index (χ3v) is 4.31. The van der Waals surface area contributed by atoms with E-state index in [9.17, 15) is 14.4 Å². The molecule has 1 unspecified atom stereocenters. The number of amides is 3. The molecule has 1 aliphatic rings. The Bertz CT molecular complexity index is 678. The first-order chi connectivity index (χ1) is 12.4. The lowest BCUT2D eigenvalue weighted by Gasteiger charge is -2.24. The molecule has 0 spiro atoms. The highest BCUT2D eigenvalue weighted by Crippen LogP contribution is 2.31. The van der Waals surface area contributed by atoms with Gasteiger partial charge in [0.1, 0.15) is 17.5 Å². The minimum Gasteiger partial charge on any atom is -0.497 e. The quantitative estimate of drug-likeness (QED) is 0.653. The summed E-state index contributed by atoms with van der Waals surface area (Å²) in [7, 11) is 4.62. The molecular weight excluding hydrogens is 376 g/mol. The van der Waals surface area contributed by atoms with E-state index in [0.29, 0.717) is 30.2 Å². The number of hydrogen-bond acceptors (Lipinski definition) is 6. The summed E-state index contributed by atoms with van der Waals surface area (Å²) in [5, 5.41) is 2.41. The Morgan fingerprint density at radius 2 is 1.85 bits per heavy atom. The molecule has 2 rings (SSSR count). The van der Waals surface area contributed by atoms with Crippen molar-refractivity contribution in [1.82, 2.24) is 10.2 Å². The minimum absolute atomic E-state index is 0. The Labute approximate surface area is 164 Å². The summed E-state index contributed by atoms with van der Waals surface area (Å²) >= 11 is 0. The molecule has 0 aliphatic carbocycles. The number of nitrogens with one attached hydrogen (secondary N) is 1. The average molecular weight is 401 g/mol. The third-order valence-electron chi connectivity index (χ3n) is 4.31. The molecule has 1 saturated heterocycles. The molecule has 10 heteroatoms. The topological polar surface area (TPSA) is 114 Å². The van der Waals surface area contributed by atoms with E-state index in [1.165, 1.54) is 19.1 Å². The van der Waals surface area contributed by atoms with Gasteiger partial charge in [-0.3, -0.25) is 14.4 Å². The van der Waals surface area contributed by atoms with Gasteiger partial charge in [-0.05, 0) is 6.42 Å². The fourth-order valence-electron chi connectivity index (χ4n) is 2.77. The van der Waals surface area contributed by atoms with Crippen LogP contribution in [0.4, 0.5) is 5.69 Å². The largest absolute Gasteiger partial charge is 0.497 e. The van der Waals surface area contributed by atoms with E-state index in [1.807, 2.05) is 0 Å². The van der Waals surface area contributed by atoms with Gasteiger partial charge >= 0.3 is 0 Å². The molecule has 0 aromatic heterocycles. The summed E-state index contributed by atoms with van der Waals surface area (Å²) in [6.45, 7) is 0.0840. The number of likely N-dealkylation sites (N-methyl/N-ethyl adjacent to an activating group) is 1. The molecule has 1 aromatic rings. The number of carbonyl (C=O) groups is 3. The molecule has 1 aliphatic heterocycles. The van der Waals surface area contributed by atoms with Crippen molar-refractivity contribution in [3.63, 3.8) is 0 Å². The van der Waals surface area contributed by atoms with Crippen molar-refractivity contribution in [2.45, 2.75) is 12.5 Å². The second-order valence-corrected chi connectivity index (χ2v) is 5.85. The fourth-order valence-corrected chi connectivity index (χ4v) is 2.77. The van der Waals surface area contributed by atoms with E-state index in [1.54, 1.807) is 30.1 Å². The predicted octanol–water partition coefficient (Wildman–Crippen LogP) is -0.236. The van der Waals surface area contributed by atoms with Crippen LogP contribution < -0.4 is 25.4 Å².